The van der Waals surface area contributed by atoms with Crippen LogP contribution in [0.15, 0.2) is 23.1 Å². The zero-order chi connectivity index (χ0) is 15.9. The Morgan fingerprint density at radius 3 is 2.82 bits per heavy atom. The number of carbonyl (C=O) groups excluding carboxylic acids is 1. The maximum Gasteiger partial charge on any atom is 0.223 e. The van der Waals surface area contributed by atoms with Crippen LogP contribution in [0, 0.1) is 0 Å². The Kier molecular flexibility index (Phi) is 6.39. The van der Waals surface area contributed by atoms with Gasteiger partial charge in [-0.1, -0.05) is 0 Å². The van der Waals surface area contributed by atoms with Gasteiger partial charge in [0.2, 0.25) is 5.91 Å². The lowest BCUT2D eigenvalue weighted by Gasteiger charge is -2.32. The highest BCUT2D eigenvalue weighted by molar-refractivity contribution is 7.99. The van der Waals surface area contributed by atoms with Crippen molar-refractivity contribution >= 4 is 17.7 Å². The number of rotatable bonds is 6. The van der Waals surface area contributed by atoms with E-state index in [-0.39, 0.29) is 5.91 Å². The van der Waals surface area contributed by atoms with E-state index < -0.39 is 0 Å². The zero-order valence-corrected chi connectivity index (χ0v) is 14.2. The van der Waals surface area contributed by atoms with Crippen molar-refractivity contribution < 1.29 is 14.3 Å². The Labute approximate surface area is 136 Å². The number of hydrogen-bond acceptors (Lipinski definition) is 5. The first-order chi connectivity index (χ1) is 10.6. The van der Waals surface area contributed by atoms with Gasteiger partial charge in [0, 0.05) is 42.7 Å². The average molecular weight is 324 g/mol. The van der Waals surface area contributed by atoms with Crippen LogP contribution in [-0.4, -0.2) is 56.5 Å². The molecule has 1 heterocycles. The minimum Gasteiger partial charge on any atom is -0.493 e. The Hall–Kier alpha value is -1.40. The molecular formula is C16H24N2O3S. The van der Waals surface area contributed by atoms with Crippen molar-refractivity contribution in [3.8, 4) is 11.5 Å². The highest BCUT2D eigenvalue weighted by Gasteiger charge is 2.19. The smallest absolute Gasteiger partial charge is 0.223 e. The number of hydrogen-bond donors (Lipinski definition) is 1. The number of piperazine rings is 1. The van der Waals surface area contributed by atoms with Crippen LogP contribution in [0.4, 0.5) is 0 Å². The van der Waals surface area contributed by atoms with Gasteiger partial charge < -0.3 is 19.7 Å². The fourth-order valence-electron chi connectivity index (χ4n) is 2.48. The summed E-state index contributed by atoms with van der Waals surface area (Å²) in [5.41, 5.74) is 0. The minimum absolute atomic E-state index is 0.237. The molecule has 5 nitrogen and oxygen atoms in total. The predicted molar refractivity (Wildman–Crippen MR) is 88.9 cm³/mol. The van der Waals surface area contributed by atoms with Gasteiger partial charge in [-0.25, -0.2) is 0 Å². The number of benzene rings is 1. The zero-order valence-electron chi connectivity index (χ0n) is 13.4. The van der Waals surface area contributed by atoms with Crippen molar-refractivity contribution in [1.82, 2.24) is 10.2 Å². The number of carbonyl (C=O) groups is 1. The Bertz CT molecular complexity index is 510. The summed E-state index contributed by atoms with van der Waals surface area (Å²) in [6.07, 6.45) is 0.561. The second-order valence-electron chi connectivity index (χ2n) is 5.31. The number of ether oxygens (including phenoxy) is 2. The quantitative estimate of drug-likeness (QED) is 0.811. The van der Waals surface area contributed by atoms with E-state index in [1.807, 2.05) is 23.1 Å². The van der Waals surface area contributed by atoms with Crippen LogP contribution in [0.5, 0.6) is 11.5 Å². The van der Waals surface area contributed by atoms with Crippen molar-refractivity contribution in [2.45, 2.75) is 24.3 Å². The SMILES string of the molecule is COc1ccc(SCCC(=O)N2CCNC(C)C2)cc1OC. The molecule has 22 heavy (non-hydrogen) atoms. The van der Waals surface area contributed by atoms with Crippen LogP contribution in [-0.2, 0) is 4.79 Å². The van der Waals surface area contributed by atoms with Gasteiger partial charge in [-0.05, 0) is 25.1 Å². The van der Waals surface area contributed by atoms with Gasteiger partial charge in [-0.2, -0.15) is 0 Å². The number of nitrogens with one attached hydrogen (secondary N) is 1. The van der Waals surface area contributed by atoms with Gasteiger partial charge in [0.25, 0.3) is 0 Å². The second kappa shape index (κ2) is 8.29. The molecule has 1 aromatic rings. The minimum atomic E-state index is 0.237. The third-order valence-electron chi connectivity index (χ3n) is 3.66. The van der Waals surface area contributed by atoms with Crippen LogP contribution in [0.3, 0.4) is 0 Å². The van der Waals surface area contributed by atoms with E-state index in [0.29, 0.717) is 12.5 Å². The molecule has 1 unspecified atom stereocenters. The van der Waals surface area contributed by atoms with E-state index in [0.717, 1.165) is 41.8 Å². The van der Waals surface area contributed by atoms with Gasteiger partial charge in [0.15, 0.2) is 11.5 Å². The van der Waals surface area contributed by atoms with Crippen molar-refractivity contribution in [3.05, 3.63) is 18.2 Å². The molecule has 1 amide bonds. The summed E-state index contributed by atoms with van der Waals surface area (Å²) < 4.78 is 10.5. The number of thioether (sulfide) groups is 1. The third kappa shape index (κ3) is 4.55. The van der Waals surface area contributed by atoms with Gasteiger partial charge in [0.1, 0.15) is 0 Å². The monoisotopic (exact) mass is 324 g/mol. The first-order valence-electron chi connectivity index (χ1n) is 7.50. The van der Waals surface area contributed by atoms with Crippen LogP contribution in [0.1, 0.15) is 13.3 Å². The lowest BCUT2D eigenvalue weighted by Crippen LogP contribution is -2.51. The van der Waals surface area contributed by atoms with Crippen molar-refractivity contribution in [2.75, 3.05) is 39.6 Å². The lowest BCUT2D eigenvalue weighted by molar-refractivity contribution is -0.131. The van der Waals surface area contributed by atoms with E-state index in [9.17, 15) is 4.79 Å². The summed E-state index contributed by atoms with van der Waals surface area (Å²) in [7, 11) is 3.25. The summed E-state index contributed by atoms with van der Waals surface area (Å²) in [5.74, 6) is 2.45. The molecule has 1 N–H and O–H groups in total. The molecule has 0 aromatic heterocycles. The molecule has 0 spiro atoms. The third-order valence-corrected chi connectivity index (χ3v) is 4.66. The highest BCUT2D eigenvalue weighted by Crippen LogP contribution is 2.32. The van der Waals surface area contributed by atoms with E-state index >= 15 is 0 Å². The van der Waals surface area contributed by atoms with E-state index in [1.165, 1.54) is 0 Å². The van der Waals surface area contributed by atoms with Gasteiger partial charge in [-0.3, -0.25) is 4.79 Å². The van der Waals surface area contributed by atoms with Crippen LogP contribution in [0.25, 0.3) is 0 Å². The van der Waals surface area contributed by atoms with Crippen molar-refractivity contribution in [1.29, 1.82) is 0 Å². The summed E-state index contributed by atoms with van der Waals surface area (Å²) in [6, 6.07) is 6.21. The molecule has 1 aromatic carbocycles. The number of amides is 1. The van der Waals surface area contributed by atoms with Gasteiger partial charge >= 0.3 is 0 Å². The largest absolute Gasteiger partial charge is 0.493 e. The van der Waals surface area contributed by atoms with Crippen LogP contribution >= 0.6 is 11.8 Å². The maximum atomic E-state index is 12.2. The molecule has 6 heteroatoms. The summed E-state index contributed by atoms with van der Waals surface area (Å²) >= 11 is 1.66. The fourth-order valence-corrected chi connectivity index (χ4v) is 3.35. The molecule has 1 fully saturated rings. The predicted octanol–water partition coefficient (Wildman–Crippen LogP) is 2.01. The topological polar surface area (TPSA) is 50.8 Å². The standard InChI is InChI=1S/C16H24N2O3S/c1-12-11-18(8-7-17-12)16(19)6-9-22-13-4-5-14(20-2)15(10-13)21-3/h4-5,10,12,17H,6-9,11H2,1-3H3. The molecule has 0 radical (unpaired) electrons. The number of methoxy groups -OCH3 is 2. The van der Waals surface area contributed by atoms with Crippen LogP contribution < -0.4 is 14.8 Å². The molecule has 1 aliphatic heterocycles. The maximum absolute atomic E-state index is 12.2. The van der Waals surface area contributed by atoms with Gasteiger partial charge in [-0.15, -0.1) is 11.8 Å². The Morgan fingerprint density at radius 2 is 2.14 bits per heavy atom. The molecule has 0 saturated carbocycles. The van der Waals surface area contributed by atoms with E-state index in [1.54, 1.807) is 26.0 Å². The lowest BCUT2D eigenvalue weighted by atomic mass is 10.2. The first kappa shape index (κ1) is 17.0. The highest BCUT2D eigenvalue weighted by atomic mass is 32.2. The summed E-state index contributed by atoms with van der Waals surface area (Å²) in [4.78, 5) is 15.2. The molecule has 122 valence electrons. The molecule has 2 rings (SSSR count). The molecular weight excluding hydrogens is 300 g/mol. The Morgan fingerprint density at radius 1 is 1.36 bits per heavy atom. The van der Waals surface area contributed by atoms with Crippen molar-refractivity contribution in [3.63, 3.8) is 0 Å². The molecule has 0 aliphatic carbocycles. The summed E-state index contributed by atoms with van der Waals surface area (Å²) in [6.45, 7) is 4.61. The number of nitrogens with zero attached hydrogens (tertiary/aromatic N) is 1. The fraction of sp³-hybridized carbons (Fsp3) is 0.562. The van der Waals surface area contributed by atoms with Crippen LogP contribution in [0.2, 0.25) is 0 Å². The van der Waals surface area contributed by atoms with Gasteiger partial charge in [0.05, 0.1) is 14.2 Å². The average Bonchev–Trinajstić information content (AvgIpc) is 2.54. The molecule has 0 bridgehead atoms. The van der Waals surface area contributed by atoms with E-state index in [2.05, 4.69) is 12.2 Å². The van der Waals surface area contributed by atoms with E-state index in [4.69, 9.17) is 9.47 Å². The van der Waals surface area contributed by atoms with Crippen molar-refractivity contribution in [2.24, 2.45) is 0 Å². The summed E-state index contributed by atoms with van der Waals surface area (Å²) in [5, 5.41) is 3.35. The molecule has 1 atom stereocenters. The molecule has 1 aliphatic rings. The first-order valence-corrected chi connectivity index (χ1v) is 8.48. The second-order valence-corrected chi connectivity index (χ2v) is 6.48. The Balaban J connectivity index is 1.82. The molecule has 1 saturated heterocycles. The normalized spacial score (nSPS) is 18.1.